The van der Waals surface area contributed by atoms with Crippen molar-refractivity contribution in [2.24, 2.45) is 0 Å². The van der Waals surface area contributed by atoms with Gasteiger partial charge >= 0.3 is 0 Å². The SMILES string of the molecule is Ic1cccc(-c2ccccc2)c1C(c1ccccc1)(c1ccccc1)c1ccccc1. The first-order chi connectivity index (χ1) is 15.8. The Hall–Kier alpha value is -3.17. The van der Waals surface area contributed by atoms with E-state index in [1.807, 2.05) is 0 Å². The molecule has 0 aliphatic rings. The minimum atomic E-state index is -0.452. The van der Waals surface area contributed by atoms with E-state index in [0.29, 0.717) is 0 Å². The van der Waals surface area contributed by atoms with E-state index in [1.54, 1.807) is 0 Å². The van der Waals surface area contributed by atoms with E-state index in [4.69, 9.17) is 0 Å². The van der Waals surface area contributed by atoms with Crippen molar-refractivity contribution >= 4 is 22.6 Å². The van der Waals surface area contributed by atoms with Gasteiger partial charge in [-0.2, -0.15) is 0 Å². The quantitative estimate of drug-likeness (QED) is 0.161. The highest BCUT2D eigenvalue weighted by Gasteiger charge is 2.41. The van der Waals surface area contributed by atoms with Gasteiger partial charge in [0.15, 0.2) is 0 Å². The molecule has 0 bridgehead atoms. The van der Waals surface area contributed by atoms with E-state index in [1.165, 1.54) is 37.0 Å². The van der Waals surface area contributed by atoms with Crippen LogP contribution in [0, 0.1) is 3.57 Å². The zero-order valence-corrected chi connectivity index (χ0v) is 19.8. The van der Waals surface area contributed by atoms with Crippen molar-refractivity contribution in [2.75, 3.05) is 0 Å². The summed E-state index contributed by atoms with van der Waals surface area (Å²) in [7, 11) is 0. The summed E-state index contributed by atoms with van der Waals surface area (Å²) in [6, 6.07) is 50.1. The van der Waals surface area contributed by atoms with Crippen molar-refractivity contribution in [2.45, 2.75) is 5.41 Å². The van der Waals surface area contributed by atoms with Crippen LogP contribution in [0.15, 0.2) is 140 Å². The summed E-state index contributed by atoms with van der Waals surface area (Å²) in [6.07, 6.45) is 0. The van der Waals surface area contributed by atoms with E-state index in [9.17, 15) is 0 Å². The van der Waals surface area contributed by atoms with Crippen LogP contribution in [0.3, 0.4) is 0 Å². The molecule has 5 aromatic carbocycles. The molecule has 32 heavy (non-hydrogen) atoms. The molecule has 0 atom stereocenters. The van der Waals surface area contributed by atoms with Gasteiger partial charge in [0.05, 0.1) is 5.41 Å². The fraction of sp³-hybridized carbons (Fsp3) is 0.0323. The molecule has 0 heterocycles. The van der Waals surface area contributed by atoms with Crippen molar-refractivity contribution < 1.29 is 0 Å². The van der Waals surface area contributed by atoms with Crippen LogP contribution in [0.1, 0.15) is 22.3 Å². The third kappa shape index (κ3) is 3.57. The normalized spacial score (nSPS) is 11.3. The summed E-state index contributed by atoms with van der Waals surface area (Å²) < 4.78 is 1.25. The van der Waals surface area contributed by atoms with E-state index < -0.39 is 5.41 Å². The van der Waals surface area contributed by atoms with Crippen LogP contribution in [0.4, 0.5) is 0 Å². The molecule has 0 radical (unpaired) electrons. The van der Waals surface area contributed by atoms with Crippen LogP contribution < -0.4 is 0 Å². The Bertz CT molecular complexity index is 1200. The number of hydrogen-bond donors (Lipinski definition) is 0. The Balaban J connectivity index is 1.98. The molecule has 0 unspecified atom stereocenters. The second-order valence-corrected chi connectivity index (χ2v) is 9.04. The van der Waals surface area contributed by atoms with Gasteiger partial charge in [0.1, 0.15) is 0 Å². The van der Waals surface area contributed by atoms with Crippen LogP contribution in [0.25, 0.3) is 11.1 Å². The fourth-order valence-electron chi connectivity index (χ4n) is 4.76. The van der Waals surface area contributed by atoms with Crippen LogP contribution in [-0.4, -0.2) is 0 Å². The van der Waals surface area contributed by atoms with E-state index >= 15 is 0 Å². The monoisotopic (exact) mass is 522 g/mol. The van der Waals surface area contributed by atoms with Crippen molar-refractivity contribution in [3.05, 3.63) is 165 Å². The number of rotatable bonds is 5. The third-order valence-electron chi connectivity index (χ3n) is 6.09. The van der Waals surface area contributed by atoms with Crippen LogP contribution >= 0.6 is 22.6 Å². The maximum absolute atomic E-state index is 2.52. The van der Waals surface area contributed by atoms with Crippen molar-refractivity contribution in [3.8, 4) is 11.1 Å². The molecular weight excluding hydrogens is 499 g/mol. The van der Waals surface area contributed by atoms with Gasteiger partial charge in [0.2, 0.25) is 0 Å². The molecule has 0 fully saturated rings. The first-order valence-corrected chi connectivity index (χ1v) is 11.9. The maximum Gasteiger partial charge on any atom is 0.0717 e. The van der Waals surface area contributed by atoms with E-state index in [2.05, 4.69) is 162 Å². The van der Waals surface area contributed by atoms with Crippen molar-refractivity contribution in [3.63, 3.8) is 0 Å². The molecule has 0 spiro atoms. The van der Waals surface area contributed by atoms with Gasteiger partial charge in [0, 0.05) is 3.57 Å². The molecule has 5 rings (SSSR count). The Labute approximate surface area is 203 Å². The minimum Gasteiger partial charge on any atom is -0.0622 e. The van der Waals surface area contributed by atoms with Crippen LogP contribution in [0.5, 0.6) is 0 Å². The molecule has 0 saturated heterocycles. The van der Waals surface area contributed by atoms with E-state index in [0.717, 1.165) is 0 Å². The van der Waals surface area contributed by atoms with Crippen molar-refractivity contribution in [1.82, 2.24) is 0 Å². The van der Waals surface area contributed by atoms with Gasteiger partial charge in [-0.15, -0.1) is 0 Å². The fourth-order valence-corrected chi connectivity index (χ4v) is 5.66. The van der Waals surface area contributed by atoms with Crippen LogP contribution in [-0.2, 0) is 5.41 Å². The molecular formula is C31H23I. The third-order valence-corrected chi connectivity index (χ3v) is 6.99. The standard InChI is InChI=1S/C31H23I/c32-29-23-13-22-28(24-14-5-1-6-15-24)30(29)31(25-16-7-2-8-17-25,26-18-9-3-10-19-26)27-20-11-4-12-21-27/h1-23H. The van der Waals surface area contributed by atoms with Gasteiger partial charge in [0.25, 0.3) is 0 Å². The Kier molecular flexibility index (Phi) is 5.91. The van der Waals surface area contributed by atoms with Gasteiger partial charge in [-0.3, -0.25) is 0 Å². The van der Waals surface area contributed by atoms with Gasteiger partial charge in [-0.1, -0.05) is 133 Å². The lowest BCUT2D eigenvalue weighted by Gasteiger charge is -2.39. The molecule has 154 valence electrons. The molecule has 0 saturated carbocycles. The lowest BCUT2D eigenvalue weighted by atomic mass is 9.63. The maximum atomic E-state index is 2.52. The molecule has 0 aromatic heterocycles. The molecule has 0 aliphatic carbocycles. The largest absolute Gasteiger partial charge is 0.0717 e. The Morgan fingerprint density at radius 2 is 0.812 bits per heavy atom. The molecule has 0 N–H and O–H groups in total. The summed E-state index contributed by atoms with van der Waals surface area (Å²) in [6.45, 7) is 0. The number of halogens is 1. The van der Waals surface area contributed by atoms with Crippen LogP contribution in [0.2, 0.25) is 0 Å². The summed E-state index contributed by atoms with van der Waals surface area (Å²) in [5.41, 5.74) is 7.14. The average Bonchev–Trinajstić information content (AvgIpc) is 2.88. The van der Waals surface area contributed by atoms with E-state index in [-0.39, 0.29) is 0 Å². The predicted octanol–water partition coefficient (Wildman–Crippen LogP) is 8.34. The summed E-state index contributed by atoms with van der Waals surface area (Å²) in [4.78, 5) is 0. The first kappa shape index (κ1) is 20.7. The Morgan fingerprint density at radius 1 is 0.406 bits per heavy atom. The molecule has 1 heteroatoms. The highest BCUT2D eigenvalue weighted by Crippen LogP contribution is 2.49. The van der Waals surface area contributed by atoms with Gasteiger partial charge in [-0.05, 0) is 62.0 Å². The zero-order valence-electron chi connectivity index (χ0n) is 17.7. The predicted molar refractivity (Wildman–Crippen MR) is 143 cm³/mol. The van der Waals surface area contributed by atoms with Gasteiger partial charge < -0.3 is 0 Å². The summed E-state index contributed by atoms with van der Waals surface area (Å²) in [5, 5.41) is 0. The Morgan fingerprint density at radius 3 is 1.25 bits per heavy atom. The lowest BCUT2D eigenvalue weighted by Crippen LogP contribution is -2.32. The first-order valence-electron chi connectivity index (χ1n) is 10.8. The topological polar surface area (TPSA) is 0 Å². The molecule has 0 nitrogen and oxygen atoms in total. The second kappa shape index (κ2) is 9.13. The zero-order chi connectivity index (χ0) is 21.8. The average molecular weight is 522 g/mol. The summed E-state index contributed by atoms with van der Waals surface area (Å²) >= 11 is 2.52. The molecule has 5 aromatic rings. The minimum absolute atomic E-state index is 0.452. The van der Waals surface area contributed by atoms with Gasteiger partial charge in [-0.25, -0.2) is 0 Å². The highest BCUT2D eigenvalue weighted by atomic mass is 127. The molecule has 0 aliphatic heterocycles. The number of benzene rings is 5. The second-order valence-electron chi connectivity index (χ2n) is 7.88. The lowest BCUT2D eigenvalue weighted by molar-refractivity contribution is 0.742. The highest BCUT2D eigenvalue weighted by molar-refractivity contribution is 14.1. The smallest absolute Gasteiger partial charge is 0.0622 e. The number of hydrogen-bond acceptors (Lipinski definition) is 0. The van der Waals surface area contributed by atoms with Crippen molar-refractivity contribution in [1.29, 1.82) is 0 Å². The molecule has 0 amide bonds. The summed E-state index contributed by atoms with van der Waals surface area (Å²) in [5.74, 6) is 0.